The van der Waals surface area contributed by atoms with Crippen molar-refractivity contribution in [3.63, 3.8) is 0 Å². The molecule has 12 N–H and O–H groups in total. The molecule has 3 atom stereocenters. The Labute approximate surface area is 576 Å². The highest BCUT2D eigenvalue weighted by Crippen LogP contribution is 2.43. The van der Waals surface area contributed by atoms with Gasteiger partial charge in [-0.3, -0.25) is 86.6 Å². The largest absolute Gasteiger partial charge is 0.505 e. The lowest BCUT2D eigenvalue weighted by molar-refractivity contribution is -0.152. The molecule has 0 unspecified atom stereocenters. The molecule has 5 rings (SSSR count). The highest BCUT2D eigenvalue weighted by Gasteiger charge is 2.35. The van der Waals surface area contributed by atoms with E-state index in [4.69, 9.17) is 4.42 Å². The molecule has 0 saturated carbocycles. The van der Waals surface area contributed by atoms with Crippen LogP contribution < -0.4 is 10.7 Å². The van der Waals surface area contributed by atoms with E-state index in [0.717, 1.165) is 46.2 Å². The molecule has 554 valence electrons. The molecule has 1 saturated heterocycles. The Morgan fingerprint density at radius 1 is 0.461 bits per heavy atom. The van der Waals surface area contributed by atoms with Gasteiger partial charge in [-0.05, 0) is 80.8 Å². The predicted octanol–water partition coefficient (Wildman–Crippen LogP) is 0.759. The number of aromatic carboxylic acids is 1. The summed E-state index contributed by atoms with van der Waals surface area (Å²) in [5.74, 6) is -23.5. The number of phenolic OH excluding ortho intramolecular Hbond substituents is 1. The first kappa shape index (κ1) is 81.4. The molecule has 36 nitrogen and oxygen atoms in total. The Hall–Kier alpha value is -11.3. The number of fused-ring (bicyclic) bond motifs is 2. The van der Waals surface area contributed by atoms with Crippen molar-refractivity contribution in [1.82, 2.24) is 39.6 Å². The number of aromatic hydroxyl groups is 1. The van der Waals surface area contributed by atoms with Crippen molar-refractivity contribution < 1.29 is 141 Å². The topological polar surface area (TPSA) is 544 Å². The maximum atomic E-state index is 14.9. The lowest BCUT2D eigenvalue weighted by Gasteiger charge is -2.33. The van der Waals surface area contributed by atoms with Crippen LogP contribution in [0.5, 0.6) is 5.75 Å². The first-order chi connectivity index (χ1) is 48.1. The van der Waals surface area contributed by atoms with Crippen LogP contribution in [0.15, 0.2) is 51.7 Å². The summed E-state index contributed by atoms with van der Waals surface area (Å²) < 4.78 is 35.5. The van der Waals surface area contributed by atoms with Gasteiger partial charge in [-0.1, -0.05) is 6.42 Å². The van der Waals surface area contributed by atoms with Crippen molar-refractivity contribution in [2.24, 2.45) is 0 Å². The van der Waals surface area contributed by atoms with Crippen LogP contribution in [0.1, 0.15) is 97.8 Å². The number of carboxylic acid groups (broad SMARTS) is 10. The van der Waals surface area contributed by atoms with Gasteiger partial charge in [0.2, 0.25) is 29.1 Å². The number of rotatable bonds is 36. The minimum absolute atomic E-state index is 0.0483. The van der Waals surface area contributed by atoms with E-state index in [2.05, 4.69) is 5.32 Å². The summed E-state index contributed by atoms with van der Waals surface area (Å²) in [4.78, 5) is 210. The van der Waals surface area contributed by atoms with Crippen molar-refractivity contribution in [2.75, 3.05) is 98.2 Å². The molecule has 2 aromatic carbocycles. The Kier molecular flexibility index (Phi) is 30.6. The summed E-state index contributed by atoms with van der Waals surface area (Å²) in [7, 11) is 0. The zero-order valence-corrected chi connectivity index (χ0v) is 54.6. The van der Waals surface area contributed by atoms with Gasteiger partial charge in [0, 0.05) is 119 Å². The monoisotopic (exact) mass is 1440 g/mol. The zero-order chi connectivity index (χ0) is 75.8. The van der Waals surface area contributed by atoms with E-state index < -0.39 is 227 Å². The van der Waals surface area contributed by atoms with Crippen LogP contribution in [0, 0.1) is 11.6 Å². The minimum atomic E-state index is -1.86. The third-order valence-corrected chi connectivity index (χ3v) is 16.5. The average Bonchev–Trinajstić information content (AvgIpc) is 0.740. The number of unbranched alkanes of at least 4 members (excludes halogenated alkanes) is 2. The molecule has 38 heteroatoms. The van der Waals surface area contributed by atoms with Gasteiger partial charge < -0.3 is 85.5 Å². The van der Waals surface area contributed by atoms with Crippen LogP contribution in [0.25, 0.3) is 33.4 Å². The number of aliphatic carboxylic acids is 9. The van der Waals surface area contributed by atoms with Gasteiger partial charge >= 0.3 is 59.7 Å². The molecule has 102 heavy (non-hydrogen) atoms. The van der Waals surface area contributed by atoms with Crippen molar-refractivity contribution in [3.05, 3.63) is 75.4 Å². The van der Waals surface area contributed by atoms with Gasteiger partial charge in [0.15, 0.2) is 17.4 Å². The summed E-state index contributed by atoms with van der Waals surface area (Å²) in [6.45, 7) is -8.99. The number of hydrogen-bond acceptors (Lipinski definition) is 21. The number of amides is 5. The van der Waals surface area contributed by atoms with Crippen LogP contribution in [0.2, 0.25) is 0 Å². The molecule has 3 aliphatic rings. The second-order valence-corrected chi connectivity index (χ2v) is 23.7. The van der Waals surface area contributed by atoms with Gasteiger partial charge in [-0.2, -0.15) is 0 Å². The maximum absolute atomic E-state index is 14.9. The zero-order valence-electron chi connectivity index (χ0n) is 54.6. The summed E-state index contributed by atoms with van der Waals surface area (Å²) in [6.07, 6.45) is -3.85. The van der Waals surface area contributed by atoms with Crippen LogP contribution >= 0.6 is 0 Å². The number of carbonyl (C=O) groups excluding carboxylic acids is 5. The lowest BCUT2D eigenvalue weighted by atomic mass is 9.89. The fraction of sp³-hybridized carbons (Fsp3) is 0.469. The van der Waals surface area contributed by atoms with Crippen molar-refractivity contribution in [1.29, 1.82) is 0 Å². The standard InChI is InChI=1S/C64H76F2N8O28/c65-40-25-38-47(27-45(40)75)102-48-28-46(76)41(66)26-39(48)59(38)37-24-35(7-8-36(37)61(94)95)60(93)67-15-3-1-2-6-49(77)68-16-4-17-70(51(79)13-10-43(63(98)99)73(31-55(85)86)32-56(87)88)22-23-71(52(80)14-11-44(64(100)101)74(33-57(89)90)34-58(91)92)19-5-18-69(21-20-68)50(78)12-9-42(62(96)97)72(29-53(81)82)30-54(83)84/h7-8,24-28,42-44,75H,1-6,9-23,29-34H2,(H,67,93)(H,81,82)(H,83,84)(H,85,86)(H,87,88)(H,89,90)(H,91,92)(H,94,95)(H,96,97)(H,98,99)(H,100,101)/t42-,43-,44-/m0/s1. The van der Waals surface area contributed by atoms with Crippen LogP contribution in [0.3, 0.4) is 0 Å². The van der Waals surface area contributed by atoms with Crippen LogP contribution in [-0.4, -0.2) is 296 Å². The van der Waals surface area contributed by atoms with Gasteiger partial charge in [-0.15, -0.1) is 0 Å². The summed E-state index contributed by atoms with van der Waals surface area (Å²) in [5.41, 5.74) is -2.51. The first-order valence-electron chi connectivity index (χ1n) is 31.6. The Morgan fingerprint density at radius 2 is 0.853 bits per heavy atom. The molecular weight excluding hydrogens is 1370 g/mol. The molecule has 1 fully saturated rings. The van der Waals surface area contributed by atoms with E-state index in [1.807, 2.05) is 0 Å². The highest BCUT2D eigenvalue weighted by molar-refractivity contribution is 6.09. The summed E-state index contributed by atoms with van der Waals surface area (Å²) in [5, 5.41) is 110. The van der Waals surface area contributed by atoms with E-state index >= 15 is 0 Å². The van der Waals surface area contributed by atoms with Gasteiger partial charge in [0.1, 0.15) is 29.5 Å². The van der Waals surface area contributed by atoms with E-state index in [1.54, 1.807) is 0 Å². The van der Waals surface area contributed by atoms with Crippen molar-refractivity contribution in [3.8, 4) is 28.2 Å². The van der Waals surface area contributed by atoms with E-state index in [0.29, 0.717) is 14.7 Å². The normalized spacial score (nSPS) is 14.2. The molecule has 2 aromatic rings. The number of phenols is 1. The van der Waals surface area contributed by atoms with E-state index in [1.165, 1.54) is 15.9 Å². The smallest absolute Gasteiger partial charge is 0.336 e. The Bertz CT molecular complexity index is 3820. The second kappa shape index (κ2) is 38.3. The number of carboxylic acids is 10. The predicted molar refractivity (Wildman–Crippen MR) is 342 cm³/mol. The third-order valence-electron chi connectivity index (χ3n) is 16.5. The number of nitrogens with one attached hydrogen (secondary N) is 1. The van der Waals surface area contributed by atoms with E-state index in [-0.39, 0.29) is 123 Å². The first-order valence-corrected chi connectivity index (χ1v) is 31.6. The molecule has 0 radical (unpaired) electrons. The van der Waals surface area contributed by atoms with Gasteiger partial charge in [0.25, 0.3) is 5.91 Å². The Morgan fingerprint density at radius 3 is 1.23 bits per heavy atom. The highest BCUT2D eigenvalue weighted by atomic mass is 19.1. The van der Waals surface area contributed by atoms with E-state index in [9.17, 15) is 142 Å². The SMILES string of the molecule is O=C(O)CN(CC(=O)O)[C@@H](CCC(=O)N1CCCN(C(=O)CC[C@@H](C(=O)O)N(CC(=O)O)CC(=O)O)CCN(C(=O)CC[C@@H](C(=O)O)N(CC(=O)O)CC(=O)O)CCCN(C(=O)CCCCCNC(=O)c2ccc(C(=O)O)c(-c3c4cc(F)c(=O)cc-4oc4cc(O)c(F)cc34)c2)CC1)C(=O)O. The fourth-order valence-corrected chi connectivity index (χ4v) is 11.7. The molecule has 2 heterocycles. The lowest BCUT2D eigenvalue weighted by Crippen LogP contribution is -2.49. The summed E-state index contributed by atoms with van der Waals surface area (Å²) >= 11 is 0. The van der Waals surface area contributed by atoms with Crippen molar-refractivity contribution in [2.45, 2.75) is 95.2 Å². The minimum Gasteiger partial charge on any atom is -0.505 e. The quantitative estimate of drug-likeness (QED) is 0.0221. The fourth-order valence-electron chi connectivity index (χ4n) is 11.7. The number of halogens is 2. The third kappa shape index (κ3) is 24.3. The van der Waals surface area contributed by atoms with Gasteiger partial charge in [0.05, 0.1) is 44.8 Å². The molecular formula is C64H76F2N8O28. The second-order valence-electron chi connectivity index (χ2n) is 23.7. The number of benzene rings is 3. The summed E-state index contributed by atoms with van der Waals surface area (Å²) in [6, 6.07) is 1.03. The van der Waals surface area contributed by atoms with Crippen LogP contribution in [-0.2, 0) is 62.3 Å². The number of nitrogens with zero attached hydrogens (tertiary/aromatic N) is 7. The van der Waals surface area contributed by atoms with Crippen molar-refractivity contribution >= 4 is 100 Å². The van der Waals surface area contributed by atoms with Gasteiger partial charge in [-0.25, -0.2) is 13.6 Å². The molecule has 0 spiro atoms. The molecule has 0 aromatic heterocycles. The molecule has 2 aliphatic heterocycles. The van der Waals surface area contributed by atoms with Crippen LogP contribution in [0.4, 0.5) is 8.78 Å². The Balaban J connectivity index is 1.42. The number of carbonyl (C=O) groups is 15. The molecule has 1 aliphatic carbocycles. The molecule has 5 amide bonds. The number of hydrogen-bond donors (Lipinski definition) is 12. The average molecular weight is 1440 g/mol. The molecule has 0 bridgehead atoms. The maximum Gasteiger partial charge on any atom is 0.336 e.